The molecule has 5 nitrogen and oxygen atoms in total. The Morgan fingerprint density at radius 1 is 1.35 bits per heavy atom. The average molecular weight is 344 g/mol. The fourth-order valence-electron chi connectivity index (χ4n) is 2.47. The SMILES string of the molecule is CCOc1ncnc(N2CCC(OCCBr)CC2)c1C. The van der Waals surface area contributed by atoms with Gasteiger partial charge in [-0.25, -0.2) is 9.97 Å². The van der Waals surface area contributed by atoms with Crippen LogP contribution < -0.4 is 9.64 Å². The first-order valence-electron chi connectivity index (χ1n) is 7.13. The summed E-state index contributed by atoms with van der Waals surface area (Å²) in [5.41, 5.74) is 1.02. The Bertz CT molecular complexity index is 423. The van der Waals surface area contributed by atoms with Crippen LogP contribution in [0, 0.1) is 6.92 Å². The summed E-state index contributed by atoms with van der Waals surface area (Å²) in [6.45, 7) is 7.33. The molecular formula is C14H22BrN3O2. The maximum absolute atomic E-state index is 5.78. The van der Waals surface area contributed by atoms with Crippen molar-refractivity contribution in [3.8, 4) is 5.88 Å². The van der Waals surface area contributed by atoms with Crippen molar-refractivity contribution in [2.24, 2.45) is 0 Å². The summed E-state index contributed by atoms with van der Waals surface area (Å²) < 4.78 is 11.3. The van der Waals surface area contributed by atoms with Crippen LogP contribution >= 0.6 is 15.9 Å². The Labute approximate surface area is 128 Å². The standard InChI is InChI=1S/C14H22BrN3O2/c1-3-19-14-11(2)13(16-10-17-14)18-7-4-12(5-8-18)20-9-6-15/h10,12H,3-9H2,1-2H3. The van der Waals surface area contributed by atoms with Gasteiger partial charge in [0, 0.05) is 18.4 Å². The Balaban J connectivity index is 1.98. The minimum Gasteiger partial charge on any atom is -0.478 e. The molecule has 0 aromatic carbocycles. The van der Waals surface area contributed by atoms with E-state index in [9.17, 15) is 0 Å². The summed E-state index contributed by atoms with van der Waals surface area (Å²) in [6.07, 6.45) is 4.04. The van der Waals surface area contributed by atoms with Crippen LogP contribution in [0.4, 0.5) is 5.82 Å². The first kappa shape index (κ1) is 15.5. The fourth-order valence-corrected chi connectivity index (χ4v) is 2.66. The molecule has 2 heterocycles. The van der Waals surface area contributed by atoms with Gasteiger partial charge in [0.05, 0.1) is 24.9 Å². The number of rotatable bonds is 6. The zero-order chi connectivity index (χ0) is 14.4. The van der Waals surface area contributed by atoms with Crippen LogP contribution in [0.15, 0.2) is 6.33 Å². The van der Waals surface area contributed by atoms with Crippen molar-refractivity contribution < 1.29 is 9.47 Å². The highest BCUT2D eigenvalue weighted by Gasteiger charge is 2.22. The van der Waals surface area contributed by atoms with Crippen LogP contribution in [0.2, 0.25) is 0 Å². The van der Waals surface area contributed by atoms with E-state index in [4.69, 9.17) is 9.47 Å². The Morgan fingerprint density at radius 2 is 2.10 bits per heavy atom. The molecule has 0 N–H and O–H groups in total. The predicted molar refractivity (Wildman–Crippen MR) is 82.9 cm³/mol. The summed E-state index contributed by atoms with van der Waals surface area (Å²) in [4.78, 5) is 10.9. The Hall–Kier alpha value is -0.880. The van der Waals surface area contributed by atoms with Gasteiger partial charge in [0.25, 0.3) is 0 Å². The molecule has 0 saturated carbocycles. The highest BCUT2D eigenvalue weighted by molar-refractivity contribution is 9.09. The molecule has 0 radical (unpaired) electrons. The van der Waals surface area contributed by atoms with E-state index in [0.717, 1.165) is 49.2 Å². The van der Waals surface area contributed by atoms with Gasteiger partial charge in [-0.3, -0.25) is 0 Å². The van der Waals surface area contributed by atoms with Crippen molar-refractivity contribution in [1.82, 2.24) is 9.97 Å². The molecule has 0 unspecified atom stereocenters. The van der Waals surface area contributed by atoms with Crippen molar-refractivity contribution in [1.29, 1.82) is 0 Å². The predicted octanol–water partition coefficient (Wildman–Crippen LogP) is 2.56. The molecule has 1 aliphatic heterocycles. The Morgan fingerprint density at radius 3 is 2.75 bits per heavy atom. The van der Waals surface area contributed by atoms with Gasteiger partial charge in [-0.2, -0.15) is 0 Å². The molecule has 0 amide bonds. The number of hydrogen-bond donors (Lipinski definition) is 0. The van der Waals surface area contributed by atoms with E-state index < -0.39 is 0 Å². The van der Waals surface area contributed by atoms with E-state index in [1.807, 2.05) is 13.8 Å². The van der Waals surface area contributed by atoms with E-state index >= 15 is 0 Å². The number of piperidine rings is 1. The molecule has 20 heavy (non-hydrogen) atoms. The number of halogens is 1. The van der Waals surface area contributed by atoms with Crippen LogP contribution in [-0.4, -0.2) is 47.7 Å². The van der Waals surface area contributed by atoms with Gasteiger partial charge >= 0.3 is 0 Å². The summed E-state index contributed by atoms with van der Waals surface area (Å²) in [5, 5.41) is 0.899. The highest BCUT2D eigenvalue weighted by Crippen LogP contribution is 2.27. The average Bonchev–Trinajstić information content (AvgIpc) is 2.48. The van der Waals surface area contributed by atoms with Crippen molar-refractivity contribution >= 4 is 21.7 Å². The van der Waals surface area contributed by atoms with Gasteiger partial charge in [-0.05, 0) is 26.7 Å². The molecule has 0 spiro atoms. The topological polar surface area (TPSA) is 47.5 Å². The number of alkyl halides is 1. The quantitative estimate of drug-likeness (QED) is 0.743. The summed E-state index contributed by atoms with van der Waals surface area (Å²) in [5.74, 6) is 1.68. The fraction of sp³-hybridized carbons (Fsp3) is 0.714. The zero-order valence-electron chi connectivity index (χ0n) is 12.1. The molecule has 1 aromatic heterocycles. The van der Waals surface area contributed by atoms with Crippen molar-refractivity contribution in [3.05, 3.63) is 11.9 Å². The van der Waals surface area contributed by atoms with E-state index in [-0.39, 0.29) is 0 Å². The van der Waals surface area contributed by atoms with Gasteiger partial charge in [0.15, 0.2) is 0 Å². The van der Waals surface area contributed by atoms with Gasteiger partial charge in [0.2, 0.25) is 5.88 Å². The van der Waals surface area contributed by atoms with Crippen LogP contribution in [0.1, 0.15) is 25.3 Å². The first-order chi connectivity index (χ1) is 9.76. The molecule has 1 fully saturated rings. The molecule has 1 saturated heterocycles. The van der Waals surface area contributed by atoms with Crippen LogP contribution in [0.25, 0.3) is 0 Å². The molecule has 2 rings (SSSR count). The van der Waals surface area contributed by atoms with Gasteiger partial charge in [-0.1, -0.05) is 15.9 Å². The van der Waals surface area contributed by atoms with Crippen molar-refractivity contribution in [2.45, 2.75) is 32.8 Å². The van der Waals surface area contributed by atoms with E-state index in [0.29, 0.717) is 18.6 Å². The third-order valence-corrected chi connectivity index (χ3v) is 3.79. The number of nitrogens with zero attached hydrogens (tertiary/aromatic N) is 3. The third kappa shape index (κ3) is 3.82. The lowest BCUT2D eigenvalue weighted by Gasteiger charge is -2.33. The lowest BCUT2D eigenvalue weighted by molar-refractivity contribution is 0.0480. The molecule has 6 heteroatoms. The molecule has 1 aliphatic rings. The molecule has 0 bridgehead atoms. The van der Waals surface area contributed by atoms with Crippen LogP contribution in [0.3, 0.4) is 0 Å². The largest absolute Gasteiger partial charge is 0.478 e. The number of aromatic nitrogens is 2. The lowest BCUT2D eigenvalue weighted by atomic mass is 10.1. The van der Waals surface area contributed by atoms with Gasteiger partial charge in [-0.15, -0.1) is 0 Å². The van der Waals surface area contributed by atoms with Gasteiger partial charge in [0.1, 0.15) is 12.1 Å². The number of ether oxygens (including phenoxy) is 2. The second-order valence-electron chi connectivity index (χ2n) is 4.81. The lowest BCUT2D eigenvalue weighted by Crippen LogP contribution is -2.38. The summed E-state index contributed by atoms with van der Waals surface area (Å²) in [6, 6.07) is 0. The van der Waals surface area contributed by atoms with E-state index in [1.165, 1.54) is 0 Å². The molecular weight excluding hydrogens is 322 g/mol. The number of hydrogen-bond acceptors (Lipinski definition) is 5. The molecule has 0 atom stereocenters. The van der Waals surface area contributed by atoms with E-state index in [1.54, 1.807) is 6.33 Å². The van der Waals surface area contributed by atoms with Gasteiger partial charge < -0.3 is 14.4 Å². The monoisotopic (exact) mass is 343 g/mol. The summed E-state index contributed by atoms with van der Waals surface area (Å²) >= 11 is 3.39. The highest BCUT2D eigenvalue weighted by atomic mass is 79.9. The minimum atomic E-state index is 0.373. The van der Waals surface area contributed by atoms with Crippen molar-refractivity contribution in [3.63, 3.8) is 0 Å². The van der Waals surface area contributed by atoms with Crippen LogP contribution in [0.5, 0.6) is 5.88 Å². The number of anilines is 1. The van der Waals surface area contributed by atoms with Crippen LogP contribution in [-0.2, 0) is 4.74 Å². The summed E-state index contributed by atoms with van der Waals surface area (Å²) in [7, 11) is 0. The smallest absolute Gasteiger partial charge is 0.221 e. The maximum atomic E-state index is 5.78. The second kappa shape index (κ2) is 7.78. The zero-order valence-corrected chi connectivity index (χ0v) is 13.7. The maximum Gasteiger partial charge on any atom is 0.221 e. The van der Waals surface area contributed by atoms with E-state index in [2.05, 4.69) is 30.8 Å². The molecule has 0 aliphatic carbocycles. The molecule has 1 aromatic rings. The first-order valence-corrected chi connectivity index (χ1v) is 8.25. The Kier molecular flexibility index (Phi) is 6.04. The van der Waals surface area contributed by atoms with Crippen molar-refractivity contribution in [2.75, 3.05) is 36.5 Å². The minimum absolute atomic E-state index is 0.373. The second-order valence-corrected chi connectivity index (χ2v) is 5.60. The normalized spacial score (nSPS) is 16.4. The molecule has 112 valence electrons. The third-order valence-electron chi connectivity index (χ3n) is 3.46.